The van der Waals surface area contributed by atoms with Crippen LogP contribution in [-0.4, -0.2) is 131 Å². The number of rotatable bonds is 14. The normalized spacial score (nSPS) is 25.7. The molecule has 0 radical (unpaired) electrons. The van der Waals surface area contributed by atoms with Crippen molar-refractivity contribution in [2.24, 2.45) is 0 Å². The Morgan fingerprint density at radius 3 is 2.39 bits per heavy atom. The van der Waals surface area contributed by atoms with Crippen LogP contribution < -0.4 is 9.64 Å². The highest BCUT2D eigenvalue weighted by Gasteiger charge is 2.55. The number of allylic oxidation sites excluding steroid dienone is 1. The van der Waals surface area contributed by atoms with E-state index in [1.807, 2.05) is 36.1 Å². The zero-order chi connectivity index (χ0) is 51.0. The minimum Gasteiger partial charge on any atom is -0.744 e. The van der Waals surface area contributed by atoms with Crippen molar-refractivity contribution in [2.45, 2.75) is 132 Å². The Balaban J connectivity index is 0.756. The van der Waals surface area contributed by atoms with E-state index in [9.17, 15) is 38.2 Å². The summed E-state index contributed by atoms with van der Waals surface area (Å²) in [5.41, 5.74) is 11.1. The largest absolute Gasteiger partial charge is 0.744 e. The smallest absolute Gasteiger partial charge is 0.226 e. The van der Waals surface area contributed by atoms with Gasteiger partial charge in [0.15, 0.2) is 12.3 Å². The summed E-state index contributed by atoms with van der Waals surface area (Å²) in [6.45, 7) is 13.5. The van der Waals surface area contributed by atoms with Gasteiger partial charge < -0.3 is 49.0 Å². The van der Waals surface area contributed by atoms with Crippen molar-refractivity contribution >= 4 is 44.7 Å². The van der Waals surface area contributed by atoms with E-state index in [1.165, 1.54) is 17.3 Å². The number of fused-ring (bicyclic) bond motifs is 8. The number of benzene rings is 4. The average Bonchev–Trinajstić information content (AvgIpc) is 3.73. The minimum absolute atomic E-state index is 0.0561. The lowest BCUT2D eigenvalue weighted by Crippen LogP contribution is -2.55. The molecule has 4 aromatic carbocycles. The maximum Gasteiger partial charge on any atom is 0.226 e. The SMILES string of the molecule is CCN(CCCCOc1ccc(Cc2cc([C@@H]3O[C@H](CO)[C@@H](O)[C@H](O)[C@H]3O)ccc2Cl)cc1)C(=O)Cc1ccc2c(c1)C(C)(C)C1=C3C=C4C5=[N+](CCC4OC3CCN12)c1ccc(S(=O)(=O)[O-])cc1C5(C)C. The van der Waals surface area contributed by atoms with Crippen molar-refractivity contribution in [3.05, 3.63) is 140 Å². The summed E-state index contributed by atoms with van der Waals surface area (Å²) in [5.74, 6) is 0.808. The predicted molar refractivity (Wildman–Crippen MR) is 271 cm³/mol. The van der Waals surface area contributed by atoms with Gasteiger partial charge >= 0.3 is 0 Å². The van der Waals surface area contributed by atoms with Gasteiger partial charge in [0, 0.05) is 70.7 Å². The lowest BCUT2D eigenvalue weighted by molar-refractivity contribution is -0.445. The molecule has 1 amide bonds. The van der Waals surface area contributed by atoms with Crippen LogP contribution in [0.4, 0.5) is 11.4 Å². The molecule has 6 aliphatic heterocycles. The van der Waals surface area contributed by atoms with E-state index in [4.69, 9.17) is 25.8 Å². The molecule has 0 saturated carbocycles. The molecule has 0 spiro atoms. The summed E-state index contributed by atoms with van der Waals surface area (Å²) in [5, 5.41) is 41.3. The van der Waals surface area contributed by atoms with Gasteiger partial charge in [-0.05, 0) is 117 Å². The number of nitrogens with zero attached hydrogens (tertiary/aromatic N) is 3. The zero-order valence-electron chi connectivity index (χ0n) is 41.4. The van der Waals surface area contributed by atoms with Crippen molar-refractivity contribution in [1.82, 2.24) is 4.90 Å². The Hall–Kier alpha value is -4.94. The number of carbonyl (C=O) groups excluding carboxylic acids is 1. The molecule has 16 heteroatoms. The van der Waals surface area contributed by atoms with Gasteiger partial charge in [0.25, 0.3) is 0 Å². The molecule has 14 nitrogen and oxygen atoms in total. The van der Waals surface area contributed by atoms with E-state index >= 15 is 0 Å². The molecule has 6 heterocycles. The minimum atomic E-state index is -4.61. The topological polar surface area (TPSA) is 192 Å². The lowest BCUT2D eigenvalue weighted by Gasteiger charge is -2.42. The summed E-state index contributed by atoms with van der Waals surface area (Å²) in [6, 6.07) is 24.2. The first-order valence-corrected chi connectivity index (χ1v) is 27.0. The first kappa shape index (κ1) is 50.6. The van der Waals surface area contributed by atoms with Crippen LogP contribution in [0.1, 0.15) is 99.8 Å². The maximum atomic E-state index is 13.8. The van der Waals surface area contributed by atoms with Crippen LogP contribution in [0.15, 0.2) is 107 Å². The van der Waals surface area contributed by atoms with Gasteiger partial charge in [-0.25, -0.2) is 8.42 Å². The number of aliphatic hydroxyl groups excluding tert-OH is 4. The molecule has 0 aromatic heterocycles. The van der Waals surface area contributed by atoms with Gasteiger partial charge in [-0.15, -0.1) is 0 Å². The van der Waals surface area contributed by atoms with Crippen molar-refractivity contribution in [3.8, 4) is 5.75 Å². The van der Waals surface area contributed by atoms with Crippen LogP contribution in [0, 0.1) is 0 Å². The van der Waals surface area contributed by atoms with Crippen molar-refractivity contribution in [3.63, 3.8) is 0 Å². The highest BCUT2D eigenvalue weighted by Crippen LogP contribution is 2.54. The van der Waals surface area contributed by atoms with Crippen LogP contribution in [0.2, 0.25) is 5.02 Å². The molecule has 2 unspecified atom stereocenters. The molecule has 10 rings (SSSR count). The van der Waals surface area contributed by atoms with Gasteiger partial charge in [0.05, 0.1) is 42.2 Å². The molecule has 382 valence electrons. The fourth-order valence-electron chi connectivity index (χ4n) is 12.1. The van der Waals surface area contributed by atoms with E-state index in [0.717, 1.165) is 95.0 Å². The second-order valence-electron chi connectivity index (χ2n) is 21.1. The van der Waals surface area contributed by atoms with Crippen LogP contribution in [0.25, 0.3) is 0 Å². The van der Waals surface area contributed by atoms with Crippen molar-refractivity contribution < 1.29 is 57.0 Å². The quantitative estimate of drug-likeness (QED) is 0.0608. The molecular formula is C56H64ClN3O11S. The van der Waals surface area contributed by atoms with Gasteiger partial charge in [0.2, 0.25) is 11.6 Å². The molecule has 4 N–H and O–H groups in total. The number of unbranched alkanes of at least 4 members (excludes halogenated alkanes) is 1. The van der Waals surface area contributed by atoms with E-state index in [1.54, 1.807) is 30.3 Å². The number of ether oxygens (including phenoxy) is 3. The fraction of sp³-hybridized carbons (Fsp3) is 0.464. The van der Waals surface area contributed by atoms with Crippen molar-refractivity contribution in [2.75, 3.05) is 44.3 Å². The molecule has 4 aromatic rings. The monoisotopic (exact) mass is 1020 g/mol. The summed E-state index contributed by atoms with van der Waals surface area (Å²) in [7, 11) is -4.61. The lowest BCUT2D eigenvalue weighted by atomic mass is 9.74. The van der Waals surface area contributed by atoms with Crippen LogP contribution in [0.5, 0.6) is 5.75 Å². The number of likely N-dealkylation sites (N-methyl/N-ethyl adjacent to an activating group) is 1. The third-order valence-electron chi connectivity index (χ3n) is 15.9. The summed E-state index contributed by atoms with van der Waals surface area (Å²) in [6.07, 6.45) is -0.0685. The standard InChI is InChI=1S/C56H64ClN3O11S/c1-6-58(21-7-8-24-69-36-13-9-32(10-14-36)25-35-28-34(12-16-42(35)57)52-51(65)50(64)49(63)47(31-61)71-52)48(62)27-33-11-17-43-40(26-33)55(2,3)53-38-30-39-46(70-45(38)19-22-59(43)53)20-23-60-44-18-15-37(72(66,67)68)29-41(44)56(4,5)54(39)60/h9-18,26,28-30,45-47,49-52,61,63-65H,6-8,19-25,27,31H2,1-5H3/t45?,46?,47-,49-,50+,51-,52+/m1/s1. The number of hydrogen-bond acceptors (Lipinski definition) is 12. The molecule has 1 saturated heterocycles. The van der Waals surface area contributed by atoms with Gasteiger partial charge in [-0.2, -0.15) is 4.58 Å². The average molecular weight is 1020 g/mol. The highest BCUT2D eigenvalue weighted by molar-refractivity contribution is 7.85. The van der Waals surface area contributed by atoms with E-state index in [-0.39, 0.29) is 28.4 Å². The highest BCUT2D eigenvalue weighted by atomic mass is 35.5. The van der Waals surface area contributed by atoms with E-state index in [2.05, 4.69) is 61.4 Å². The van der Waals surface area contributed by atoms with Crippen LogP contribution >= 0.6 is 11.6 Å². The maximum absolute atomic E-state index is 13.8. The zero-order valence-corrected chi connectivity index (χ0v) is 43.0. The van der Waals surface area contributed by atoms with Gasteiger partial charge in [-0.3, -0.25) is 4.79 Å². The number of carbonyl (C=O) groups is 1. The third kappa shape index (κ3) is 9.02. The third-order valence-corrected chi connectivity index (χ3v) is 17.1. The summed E-state index contributed by atoms with van der Waals surface area (Å²) in [4.78, 5) is 18.0. The molecule has 1 fully saturated rings. The number of anilines is 1. The first-order chi connectivity index (χ1) is 34.3. The molecule has 0 aliphatic carbocycles. The Labute approximate surface area is 426 Å². The predicted octanol–water partition coefficient (Wildman–Crippen LogP) is 6.53. The molecule has 6 aliphatic rings. The number of amides is 1. The second-order valence-corrected chi connectivity index (χ2v) is 22.9. The van der Waals surface area contributed by atoms with E-state index in [0.29, 0.717) is 43.1 Å². The number of hydrogen-bond donors (Lipinski definition) is 4. The molecular weight excluding hydrogens is 958 g/mol. The Morgan fingerprint density at radius 2 is 1.65 bits per heavy atom. The Kier molecular flexibility index (Phi) is 13.6. The van der Waals surface area contributed by atoms with Gasteiger partial charge in [0.1, 0.15) is 46.4 Å². The number of aliphatic hydroxyl groups is 4. The van der Waals surface area contributed by atoms with Crippen molar-refractivity contribution in [1.29, 1.82) is 0 Å². The van der Waals surface area contributed by atoms with Gasteiger partial charge in [-0.1, -0.05) is 61.8 Å². The fourth-order valence-corrected chi connectivity index (χ4v) is 12.8. The van der Waals surface area contributed by atoms with Crippen LogP contribution in [0.3, 0.4) is 0 Å². The Morgan fingerprint density at radius 1 is 0.889 bits per heavy atom. The summed E-state index contributed by atoms with van der Waals surface area (Å²) < 4.78 is 57.3. The second kappa shape index (κ2) is 19.4. The molecule has 72 heavy (non-hydrogen) atoms. The Bertz CT molecular complexity index is 3000. The van der Waals surface area contributed by atoms with E-state index < -0.39 is 52.7 Å². The molecule has 7 atom stereocenters. The number of halogens is 1. The first-order valence-electron chi connectivity index (χ1n) is 25.2. The molecule has 0 bridgehead atoms. The van der Waals surface area contributed by atoms with Crippen LogP contribution in [-0.2, 0) is 48.1 Å². The summed E-state index contributed by atoms with van der Waals surface area (Å²) >= 11 is 6.57.